The maximum absolute atomic E-state index is 13.1. The van der Waals surface area contributed by atoms with Gasteiger partial charge in [-0.1, -0.05) is 50.2 Å². The first-order valence-electron chi connectivity index (χ1n) is 13.1. The van der Waals surface area contributed by atoms with Gasteiger partial charge in [-0.05, 0) is 37.7 Å². The minimum atomic E-state index is -0.615. The molecule has 1 aliphatic carbocycles. The minimum Gasteiger partial charge on any atom is -0.384 e. The number of anilines is 1. The van der Waals surface area contributed by atoms with Crippen LogP contribution in [0.2, 0.25) is 1.41 Å². The number of ketones is 2. The Kier molecular flexibility index (Phi) is 7.41. The standard InChI is InChI=1S/C28H34N4O4/c1-17(2)16-21(29)28(36)32-15-6-12-23(32)27(35)31-14-7-13-30-22-11-5-10-20-24(22)26(34)19-9-4-3-8-18(19)25(20)33/h3-5,8-11,17,21,23,30H,6-7,12-16,29H2,1-2H3,(H,31,35)/t21-,23-/m0/s1/i/hD. The molecule has 2 aromatic carbocycles. The molecule has 1 fully saturated rings. The first-order chi connectivity index (χ1) is 17.8. The summed E-state index contributed by atoms with van der Waals surface area (Å²) in [5.74, 6) is -0.461. The van der Waals surface area contributed by atoms with Crippen molar-refractivity contribution in [2.75, 3.05) is 25.0 Å². The van der Waals surface area contributed by atoms with Gasteiger partial charge in [-0.2, -0.15) is 0 Å². The van der Waals surface area contributed by atoms with Crippen molar-refractivity contribution in [3.63, 3.8) is 0 Å². The van der Waals surface area contributed by atoms with E-state index in [1.165, 1.54) is 0 Å². The molecule has 1 saturated heterocycles. The zero-order valence-corrected chi connectivity index (χ0v) is 20.8. The van der Waals surface area contributed by atoms with E-state index in [1.807, 2.05) is 13.8 Å². The summed E-state index contributed by atoms with van der Waals surface area (Å²) in [6.45, 7) is 5.41. The normalized spacial score (nSPS) is 17.9. The molecular weight excluding hydrogens is 456 g/mol. The van der Waals surface area contributed by atoms with E-state index in [-0.39, 0.29) is 29.3 Å². The fourth-order valence-electron chi connectivity index (χ4n) is 5.01. The predicted molar refractivity (Wildman–Crippen MR) is 138 cm³/mol. The number of hydrogen-bond acceptors (Lipinski definition) is 6. The lowest BCUT2D eigenvalue weighted by atomic mass is 9.83. The van der Waals surface area contributed by atoms with Crippen LogP contribution in [0.25, 0.3) is 0 Å². The van der Waals surface area contributed by atoms with Gasteiger partial charge >= 0.3 is 0 Å². The Bertz CT molecular complexity index is 1200. The van der Waals surface area contributed by atoms with Crippen LogP contribution in [0.15, 0.2) is 42.5 Å². The molecule has 2 atom stereocenters. The van der Waals surface area contributed by atoms with Crippen molar-refractivity contribution < 1.29 is 20.6 Å². The molecule has 0 aromatic heterocycles. The van der Waals surface area contributed by atoms with Crippen molar-refractivity contribution in [1.29, 1.82) is 0 Å². The third-order valence-corrected chi connectivity index (χ3v) is 6.76. The molecule has 0 saturated carbocycles. The first-order valence-corrected chi connectivity index (χ1v) is 12.6. The number of likely N-dealkylation sites (tertiary alicyclic amines) is 1. The zero-order chi connectivity index (χ0) is 26.5. The summed E-state index contributed by atoms with van der Waals surface area (Å²) in [4.78, 5) is 53.4. The molecule has 0 bridgehead atoms. The van der Waals surface area contributed by atoms with Crippen LogP contribution in [0.5, 0.6) is 0 Å². The number of benzene rings is 2. The lowest BCUT2D eigenvalue weighted by Gasteiger charge is -2.27. The monoisotopic (exact) mass is 491 g/mol. The van der Waals surface area contributed by atoms with E-state index in [0.717, 1.165) is 6.42 Å². The van der Waals surface area contributed by atoms with Crippen LogP contribution in [-0.4, -0.2) is 60.0 Å². The lowest BCUT2D eigenvalue weighted by molar-refractivity contribution is -0.139. The molecule has 1 heterocycles. The van der Waals surface area contributed by atoms with Crippen LogP contribution in [0.4, 0.5) is 5.69 Å². The molecule has 190 valence electrons. The number of amides is 2. The Morgan fingerprint density at radius 1 is 1.06 bits per heavy atom. The van der Waals surface area contributed by atoms with Crippen LogP contribution in [0.3, 0.4) is 0 Å². The third kappa shape index (κ3) is 5.18. The largest absolute Gasteiger partial charge is 0.384 e. The second-order valence-electron chi connectivity index (χ2n) is 9.88. The van der Waals surface area contributed by atoms with Gasteiger partial charge < -0.3 is 21.3 Å². The summed E-state index contributed by atoms with van der Waals surface area (Å²) in [7, 11) is 0. The highest BCUT2D eigenvalue weighted by Crippen LogP contribution is 2.31. The summed E-state index contributed by atoms with van der Waals surface area (Å²) in [5.41, 5.74) is 4.57. The van der Waals surface area contributed by atoms with Crippen LogP contribution >= 0.6 is 0 Å². The van der Waals surface area contributed by atoms with E-state index in [9.17, 15) is 19.2 Å². The van der Waals surface area contributed by atoms with Crippen molar-refractivity contribution in [3.8, 4) is 0 Å². The highest BCUT2D eigenvalue weighted by Gasteiger charge is 2.36. The van der Waals surface area contributed by atoms with Gasteiger partial charge in [-0.15, -0.1) is 0 Å². The van der Waals surface area contributed by atoms with E-state index >= 15 is 0 Å². The molecular formula is C28H34N4O4. The van der Waals surface area contributed by atoms with Crippen LogP contribution in [0.1, 0.15) is 71.4 Å². The van der Waals surface area contributed by atoms with E-state index in [1.54, 1.807) is 47.4 Å². The third-order valence-electron chi connectivity index (χ3n) is 6.76. The maximum Gasteiger partial charge on any atom is 0.242 e. The number of nitrogens with one attached hydrogen (secondary N) is 2. The Morgan fingerprint density at radius 2 is 1.78 bits per heavy atom. The second kappa shape index (κ2) is 11.0. The first kappa shape index (κ1) is 24.2. The highest BCUT2D eigenvalue weighted by molar-refractivity contribution is 6.30. The Balaban J connectivity index is 1.31. The predicted octanol–water partition coefficient (Wildman–Crippen LogP) is 2.74. The number of nitrogens with two attached hydrogens (primary N) is 1. The fraction of sp³-hybridized carbons (Fsp3) is 0.429. The molecule has 0 spiro atoms. The van der Waals surface area contributed by atoms with Crippen molar-refractivity contribution in [1.82, 2.24) is 10.2 Å². The van der Waals surface area contributed by atoms with Gasteiger partial charge in [0.2, 0.25) is 11.8 Å². The highest BCUT2D eigenvalue weighted by atomic mass is 16.2. The molecule has 8 heteroatoms. The van der Waals surface area contributed by atoms with Crippen molar-refractivity contribution in [3.05, 3.63) is 64.7 Å². The van der Waals surface area contributed by atoms with Crippen molar-refractivity contribution in [2.24, 2.45) is 11.6 Å². The van der Waals surface area contributed by atoms with Crippen LogP contribution < -0.4 is 16.4 Å². The van der Waals surface area contributed by atoms with E-state index in [4.69, 9.17) is 1.41 Å². The van der Waals surface area contributed by atoms with Gasteiger partial charge in [0.15, 0.2) is 11.6 Å². The summed E-state index contributed by atoms with van der Waals surface area (Å²) in [5, 5.41) is 6.17. The molecule has 0 radical (unpaired) electrons. The topological polar surface area (TPSA) is 122 Å². The summed E-state index contributed by atoms with van der Waals surface area (Å²) in [6.07, 6.45) is 2.50. The number of hydrogen-bond donors (Lipinski definition) is 3. The Labute approximate surface area is 213 Å². The van der Waals surface area contributed by atoms with E-state index < -0.39 is 12.1 Å². The van der Waals surface area contributed by atoms with Gasteiger partial charge in [0, 0.05) is 42.0 Å². The average molecular weight is 492 g/mol. The Morgan fingerprint density at radius 3 is 2.50 bits per heavy atom. The molecule has 2 amide bonds. The molecule has 2 aromatic rings. The van der Waals surface area contributed by atoms with Gasteiger partial charge in [-0.25, -0.2) is 0 Å². The number of carbonyl (C=O) groups is 4. The molecule has 4 rings (SSSR count). The number of rotatable bonds is 10. The van der Waals surface area contributed by atoms with Crippen LogP contribution in [0, 0.1) is 5.92 Å². The molecule has 4 N–H and O–H groups in total. The summed E-state index contributed by atoms with van der Waals surface area (Å²) >= 11 is 0. The average Bonchev–Trinajstić information content (AvgIpc) is 3.39. The van der Waals surface area contributed by atoms with Gasteiger partial charge in [-0.3, -0.25) is 19.2 Å². The Hall–Kier alpha value is -3.52. The van der Waals surface area contributed by atoms with Crippen LogP contribution in [-0.2, 0) is 9.59 Å². The fourth-order valence-corrected chi connectivity index (χ4v) is 5.01. The van der Waals surface area contributed by atoms with Crippen molar-refractivity contribution in [2.45, 2.75) is 51.6 Å². The summed E-state index contributed by atoms with van der Waals surface area (Å²) in [6, 6.07) is 10.9. The smallest absolute Gasteiger partial charge is 0.242 e. The van der Waals surface area contributed by atoms with E-state index in [0.29, 0.717) is 66.8 Å². The number of carbonyl (C=O) groups excluding carboxylic acids is 4. The zero-order valence-electron chi connectivity index (χ0n) is 21.8. The van der Waals surface area contributed by atoms with Gasteiger partial charge in [0.05, 0.1) is 11.6 Å². The molecule has 8 nitrogen and oxygen atoms in total. The number of fused-ring (bicyclic) bond motifs is 2. The van der Waals surface area contributed by atoms with Gasteiger partial charge in [0.25, 0.3) is 0 Å². The van der Waals surface area contributed by atoms with Gasteiger partial charge in [0.1, 0.15) is 7.45 Å². The van der Waals surface area contributed by atoms with Crippen molar-refractivity contribution >= 4 is 29.1 Å². The minimum absolute atomic E-state index is 0.159. The molecule has 1 aliphatic heterocycles. The quantitative estimate of drug-likeness (QED) is 0.375. The van der Waals surface area contributed by atoms with E-state index in [2.05, 4.69) is 16.4 Å². The second-order valence-corrected chi connectivity index (χ2v) is 9.88. The molecule has 36 heavy (non-hydrogen) atoms. The molecule has 0 unspecified atom stereocenters. The molecule has 2 aliphatic rings. The summed E-state index contributed by atoms with van der Waals surface area (Å²) < 4.78 is 7.52. The number of nitrogens with zero attached hydrogens (tertiary/aromatic N) is 1. The SMILES string of the molecule is [2H]N[C@@H](CC(C)C)C(=O)N1CCC[C@H]1C(=O)NCCCNc1cccc2c1C(=O)c1ccccc1C2=O. The lowest BCUT2D eigenvalue weighted by Crippen LogP contribution is -2.51. The maximum atomic E-state index is 13.1.